The van der Waals surface area contributed by atoms with Gasteiger partial charge in [-0.25, -0.2) is 4.79 Å². The van der Waals surface area contributed by atoms with Gasteiger partial charge in [0.25, 0.3) is 0 Å². The molecule has 1 fully saturated rings. The Hall–Kier alpha value is -0.990. The molecule has 104 valence electrons. The molecule has 0 bridgehead atoms. The molecule has 0 aromatic carbocycles. The highest BCUT2D eigenvalue weighted by atomic mass is 16.6. The molecule has 3 heteroatoms. The summed E-state index contributed by atoms with van der Waals surface area (Å²) in [5.74, 6) is -0.0841. The van der Waals surface area contributed by atoms with Crippen molar-refractivity contribution in [1.29, 1.82) is 0 Å². The van der Waals surface area contributed by atoms with E-state index in [4.69, 9.17) is 4.74 Å². The minimum Gasteiger partial charge on any atom is -0.458 e. The van der Waals surface area contributed by atoms with Crippen LogP contribution in [0.3, 0.4) is 0 Å². The average molecular weight is 253 g/mol. The predicted octanol–water partition coefficient (Wildman–Crippen LogP) is 3.49. The number of ether oxygens (including phenoxy) is 1. The van der Waals surface area contributed by atoms with Crippen molar-refractivity contribution in [2.24, 2.45) is 0 Å². The maximum atomic E-state index is 12.2. The van der Waals surface area contributed by atoms with Crippen LogP contribution in [0.5, 0.6) is 0 Å². The lowest BCUT2D eigenvalue weighted by Crippen LogP contribution is -2.40. The second kappa shape index (κ2) is 6.26. The number of rotatable bonds is 4. The van der Waals surface area contributed by atoms with Crippen molar-refractivity contribution in [3.8, 4) is 0 Å². The van der Waals surface area contributed by atoms with Crippen LogP contribution in [0.4, 0.5) is 0 Å². The fraction of sp³-hybridized carbons (Fsp3) is 0.800. The van der Waals surface area contributed by atoms with Crippen LogP contribution >= 0.6 is 0 Å². The minimum atomic E-state index is -0.401. The van der Waals surface area contributed by atoms with Crippen molar-refractivity contribution in [3.63, 3.8) is 0 Å². The van der Waals surface area contributed by atoms with Crippen LogP contribution in [-0.4, -0.2) is 28.6 Å². The van der Waals surface area contributed by atoms with Gasteiger partial charge in [-0.2, -0.15) is 0 Å². The molecule has 3 nitrogen and oxygen atoms in total. The Morgan fingerprint density at radius 2 is 2.06 bits per heavy atom. The fourth-order valence-electron chi connectivity index (χ4n) is 2.54. The summed E-state index contributed by atoms with van der Waals surface area (Å²) in [6.45, 7) is 9.94. The van der Waals surface area contributed by atoms with Gasteiger partial charge in [0.1, 0.15) is 11.6 Å². The van der Waals surface area contributed by atoms with Gasteiger partial charge in [0.2, 0.25) is 0 Å². The standard InChI is InChI=1S/C15H27NO2/c1-6-8-12-9-10-13(16(12)11-7-2)14(17)18-15(3,4)5/h7,11-13H,6,8-10H2,1-5H3/b11-7-. The molecule has 1 rings (SSSR count). The maximum absolute atomic E-state index is 12.2. The zero-order valence-electron chi connectivity index (χ0n) is 12.4. The van der Waals surface area contributed by atoms with E-state index in [1.54, 1.807) is 0 Å². The fourth-order valence-corrected chi connectivity index (χ4v) is 2.54. The van der Waals surface area contributed by atoms with Gasteiger partial charge in [0.15, 0.2) is 0 Å². The molecule has 0 radical (unpaired) electrons. The van der Waals surface area contributed by atoms with Gasteiger partial charge < -0.3 is 9.64 Å². The summed E-state index contributed by atoms with van der Waals surface area (Å²) in [4.78, 5) is 14.4. The van der Waals surface area contributed by atoms with E-state index in [-0.39, 0.29) is 12.0 Å². The van der Waals surface area contributed by atoms with Crippen LogP contribution in [0, 0.1) is 0 Å². The van der Waals surface area contributed by atoms with Crippen LogP contribution in [0.1, 0.15) is 60.3 Å². The molecule has 1 aliphatic rings. The van der Waals surface area contributed by atoms with Crippen molar-refractivity contribution >= 4 is 5.97 Å². The molecule has 1 heterocycles. The third-order valence-electron chi connectivity index (χ3n) is 3.18. The first-order valence-corrected chi connectivity index (χ1v) is 7.02. The van der Waals surface area contributed by atoms with Gasteiger partial charge in [0.05, 0.1) is 0 Å². The number of hydrogen-bond donors (Lipinski definition) is 0. The Morgan fingerprint density at radius 3 is 2.56 bits per heavy atom. The van der Waals surface area contributed by atoms with E-state index in [0.29, 0.717) is 6.04 Å². The molecular formula is C15H27NO2. The van der Waals surface area contributed by atoms with E-state index in [0.717, 1.165) is 25.7 Å². The van der Waals surface area contributed by atoms with Crippen LogP contribution in [0.2, 0.25) is 0 Å². The summed E-state index contributed by atoms with van der Waals surface area (Å²) < 4.78 is 5.51. The van der Waals surface area contributed by atoms with Crippen LogP contribution in [-0.2, 0) is 9.53 Å². The Labute approximate surface area is 111 Å². The van der Waals surface area contributed by atoms with E-state index in [2.05, 4.69) is 11.8 Å². The predicted molar refractivity (Wildman–Crippen MR) is 74.2 cm³/mol. The van der Waals surface area contributed by atoms with Gasteiger partial charge in [-0.3, -0.25) is 0 Å². The average Bonchev–Trinajstić information content (AvgIpc) is 2.60. The summed E-state index contributed by atoms with van der Waals surface area (Å²) in [7, 11) is 0. The van der Waals surface area contributed by atoms with E-state index < -0.39 is 5.60 Å². The van der Waals surface area contributed by atoms with Crippen molar-refractivity contribution < 1.29 is 9.53 Å². The Morgan fingerprint density at radius 1 is 1.39 bits per heavy atom. The maximum Gasteiger partial charge on any atom is 0.329 e. The molecule has 18 heavy (non-hydrogen) atoms. The summed E-state index contributed by atoms with van der Waals surface area (Å²) >= 11 is 0. The van der Waals surface area contributed by atoms with Crippen molar-refractivity contribution in [3.05, 3.63) is 12.3 Å². The first-order valence-electron chi connectivity index (χ1n) is 7.02. The van der Waals surface area contributed by atoms with E-state index in [1.165, 1.54) is 0 Å². The molecule has 0 aromatic rings. The third-order valence-corrected chi connectivity index (χ3v) is 3.18. The number of nitrogens with zero attached hydrogens (tertiary/aromatic N) is 1. The highest BCUT2D eigenvalue weighted by Gasteiger charge is 2.37. The highest BCUT2D eigenvalue weighted by Crippen LogP contribution is 2.29. The lowest BCUT2D eigenvalue weighted by atomic mass is 10.1. The topological polar surface area (TPSA) is 29.5 Å². The van der Waals surface area contributed by atoms with E-state index in [1.807, 2.05) is 40.0 Å². The molecule has 2 unspecified atom stereocenters. The third kappa shape index (κ3) is 4.04. The summed E-state index contributed by atoms with van der Waals surface area (Å²) in [5.41, 5.74) is -0.401. The zero-order valence-corrected chi connectivity index (χ0v) is 12.4. The zero-order chi connectivity index (χ0) is 13.8. The molecular weight excluding hydrogens is 226 g/mol. The minimum absolute atomic E-state index is 0.0841. The second-order valence-corrected chi connectivity index (χ2v) is 6.00. The molecule has 2 atom stereocenters. The number of hydrogen-bond acceptors (Lipinski definition) is 3. The molecule has 0 aromatic heterocycles. The second-order valence-electron chi connectivity index (χ2n) is 6.00. The molecule has 1 aliphatic heterocycles. The number of carbonyl (C=O) groups excluding carboxylic acids is 1. The van der Waals surface area contributed by atoms with Crippen LogP contribution in [0.25, 0.3) is 0 Å². The lowest BCUT2D eigenvalue weighted by molar-refractivity contribution is -0.159. The Kier molecular flexibility index (Phi) is 5.24. The molecule has 1 saturated heterocycles. The van der Waals surface area contributed by atoms with Gasteiger partial charge in [-0.15, -0.1) is 0 Å². The number of allylic oxidation sites excluding steroid dienone is 1. The van der Waals surface area contributed by atoms with Gasteiger partial charge in [0, 0.05) is 6.04 Å². The quantitative estimate of drug-likeness (QED) is 0.718. The lowest BCUT2D eigenvalue weighted by Gasteiger charge is -2.30. The summed E-state index contributed by atoms with van der Waals surface area (Å²) in [5, 5.41) is 0. The van der Waals surface area contributed by atoms with Crippen molar-refractivity contribution in [2.75, 3.05) is 0 Å². The smallest absolute Gasteiger partial charge is 0.329 e. The van der Waals surface area contributed by atoms with E-state index in [9.17, 15) is 4.79 Å². The number of likely N-dealkylation sites (tertiary alicyclic amines) is 1. The molecule has 0 N–H and O–H groups in total. The Bertz CT molecular complexity index is 304. The normalized spacial score (nSPS) is 24.8. The van der Waals surface area contributed by atoms with E-state index >= 15 is 0 Å². The number of esters is 1. The van der Waals surface area contributed by atoms with Gasteiger partial charge >= 0.3 is 5.97 Å². The van der Waals surface area contributed by atoms with Crippen molar-refractivity contribution in [1.82, 2.24) is 4.90 Å². The van der Waals surface area contributed by atoms with Gasteiger partial charge in [-0.1, -0.05) is 19.4 Å². The first-order chi connectivity index (χ1) is 8.39. The van der Waals surface area contributed by atoms with Crippen LogP contribution in [0.15, 0.2) is 12.3 Å². The van der Waals surface area contributed by atoms with Gasteiger partial charge in [-0.05, 0) is 53.2 Å². The summed E-state index contributed by atoms with van der Waals surface area (Å²) in [6, 6.07) is 0.390. The summed E-state index contributed by atoms with van der Waals surface area (Å²) in [6.07, 6.45) is 8.34. The van der Waals surface area contributed by atoms with Crippen molar-refractivity contribution in [2.45, 2.75) is 78.0 Å². The SMILES string of the molecule is C/C=C\N1C(CCC)CCC1C(=O)OC(C)(C)C. The molecule has 0 amide bonds. The highest BCUT2D eigenvalue weighted by molar-refractivity contribution is 5.76. The van der Waals surface area contributed by atoms with Crippen LogP contribution < -0.4 is 0 Å². The number of carbonyl (C=O) groups is 1. The molecule has 0 spiro atoms. The first kappa shape index (κ1) is 15.1. The Balaban J connectivity index is 2.72. The largest absolute Gasteiger partial charge is 0.458 e. The molecule has 0 saturated carbocycles. The molecule has 0 aliphatic carbocycles. The monoisotopic (exact) mass is 253 g/mol.